The minimum Gasteiger partial charge on any atom is -0.755 e. The number of esters is 1. The van der Waals surface area contributed by atoms with Crippen molar-refractivity contribution in [3.8, 4) is 0 Å². The van der Waals surface area contributed by atoms with Crippen LogP contribution in [0.15, 0.2) is 42.6 Å². The van der Waals surface area contributed by atoms with E-state index in [9.17, 15) is 18.4 Å². The Morgan fingerprint density at radius 2 is 2.05 bits per heavy atom. The predicted molar refractivity (Wildman–Crippen MR) is 78.8 cm³/mol. The molecule has 1 unspecified atom stereocenters. The van der Waals surface area contributed by atoms with Gasteiger partial charge in [-0.25, -0.2) is 4.31 Å². The van der Waals surface area contributed by atoms with E-state index in [0.29, 0.717) is 4.31 Å². The van der Waals surface area contributed by atoms with Gasteiger partial charge < -0.3 is 9.29 Å². The Kier molecular flexibility index (Phi) is 5.46. The van der Waals surface area contributed by atoms with Gasteiger partial charge in [-0.1, -0.05) is 36.4 Å². The highest BCUT2D eigenvalue weighted by molar-refractivity contribution is 7.77. The average molecular weight is 322 g/mol. The lowest BCUT2D eigenvalue weighted by atomic mass is 9.82. The van der Waals surface area contributed by atoms with Crippen LogP contribution in [-0.4, -0.2) is 31.6 Å². The van der Waals surface area contributed by atoms with Gasteiger partial charge >= 0.3 is 5.97 Å². The molecular weight excluding hydrogens is 306 g/mol. The topological polar surface area (TPSA) is 86.7 Å². The molecule has 0 fully saturated rings. The number of allylic oxidation sites excluding steroid dienone is 1. The van der Waals surface area contributed by atoms with Gasteiger partial charge in [0.1, 0.15) is 0 Å². The van der Waals surface area contributed by atoms with Gasteiger partial charge in [0.15, 0.2) is 0 Å². The van der Waals surface area contributed by atoms with Crippen LogP contribution >= 0.6 is 0 Å². The molecule has 7 heteroatoms. The van der Waals surface area contributed by atoms with Crippen LogP contribution in [0.3, 0.4) is 0 Å². The second kappa shape index (κ2) is 7.33. The number of rotatable bonds is 5. The van der Waals surface area contributed by atoms with Crippen molar-refractivity contribution >= 4 is 23.1 Å². The molecule has 0 bridgehead atoms. The maximum atomic E-state index is 12.4. The largest absolute Gasteiger partial charge is 0.755 e. The van der Waals surface area contributed by atoms with E-state index >= 15 is 0 Å². The molecule has 0 spiro atoms. The maximum absolute atomic E-state index is 12.4. The van der Waals surface area contributed by atoms with E-state index in [2.05, 4.69) is 0 Å². The molecule has 1 aromatic carbocycles. The van der Waals surface area contributed by atoms with Crippen LogP contribution in [0.2, 0.25) is 0 Å². The molecule has 6 nitrogen and oxygen atoms in total. The zero-order chi connectivity index (χ0) is 16.1. The third-order valence-corrected chi connectivity index (χ3v) is 4.06. The van der Waals surface area contributed by atoms with Gasteiger partial charge in [0, 0.05) is 12.1 Å². The summed E-state index contributed by atoms with van der Waals surface area (Å²) in [6.07, 6.45) is 2.69. The van der Waals surface area contributed by atoms with Crippen molar-refractivity contribution in [2.24, 2.45) is 5.92 Å². The summed E-state index contributed by atoms with van der Waals surface area (Å²) in [5, 5.41) is 0. The van der Waals surface area contributed by atoms with Crippen molar-refractivity contribution in [3.05, 3.63) is 48.2 Å². The van der Waals surface area contributed by atoms with Gasteiger partial charge in [-0.15, -0.1) is 0 Å². The Morgan fingerprint density at radius 3 is 2.64 bits per heavy atom. The summed E-state index contributed by atoms with van der Waals surface area (Å²) in [5.74, 6) is -2.31. The molecule has 0 radical (unpaired) electrons. The third-order valence-electron chi connectivity index (χ3n) is 3.43. The van der Waals surface area contributed by atoms with Crippen LogP contribution in [-0.2, 0) is 25.6 Å². The molecule has 1 aliphatic heterocycles. The lowest BCUT2D eigenvalue weighted by Crippen LogP contribution is -2.40. The molecular formula is C15H16NO5S-. The van der Waals surface area contributed by atoms with E-state index in [4.69, 9.17) is 4.74 Å². The summed E-state index contributed by atoms with van der Waals surface area (Å²) in [6, 6.07) is 9.17. The molecule has 118 valence electrons. The fourth-order valence-electron chi connectivity index (χ4n) is 2.45. The Balaban J connectivity index is 2.32. The summed E-state index contributed by atoms with van der Waals surface area (Å²) in [7, 11) is 0. The Labute approximate surface area is 131 Å². The third kappa shape index (κ3) is 3.61. The van der Waals surface area contributed by atoms with E-state index in [-0.39, 0.29) is 18.9 Å². The van der Waals surface area contributed by atoms with E-state index in [1.807, 2.05) is 30.3 Å². The van der Waals surface area contributed by atoms with Crippen LogP contribution < -0.4 is 0 Å². The summed E-state index contributed by atoms with van der Waals surface area (Å²) in [5.41, 5.74) is 0.845. The van der Waals surface area contributed by atoms with E-state index < -0.39 is 29.1 Å². The quantitative estimate of drug-likeness (QED) is 0.605. The van der Waals surface area contributed by atoms with Gasteiger partial charge in [-0.2, -0.15) is 0 Å². The number of amides is 1. The van der Waals surface area contributed by atoms with E-state index in [1.165, 1.54) is 6.20 Å². The number of hydrogen-bond donors (Lipinski definition) is 0. The lowest BCUT2D eigenvalue weighted by Gasteiger charge is -2.33. The first-order valence-corrected chi connectivity index (χ1v) is 7.89. The first-order valence-electron chi connectivity index (χ1n) is 6.86. The molecule has 1 aliphatic rings. The number of benzene rings is 1. The normalized spacial score (nSPS) is 22.5. The molecule has 0 aliphatic carbocycles. The van der Waals surface area contributed by atoms with Crippen LogP contribution in [0, 0.1) is 5.92 Å². The zero-order valence-electron chi connectivity index (χ0n) is 12.0. The number of carbonyl (C=O) groups is 2. The van der Waals surface area contributed by atoms with Crippen molar-refractivity contribution in [2.45, 2.75) is 19.3 Å². The number of ether oxygens (including phenoxy) is 1. The molecule has 3 atom stereocenters. The highest BCUT2D eigenvalue weighted by Crippen LogP contribution is 2.34. The molecule has 0 saturated heterocycles. The SMILES string of the molecule is CCOC(=O)C[C@@H]1C(=O)N(S(=O)[O-])C=C[C@@H]1c1ccccc1. The Bertz CT molecular complexity index is 601. The number of nitrogens with zero attached hydrogens (tertiary/aromatic N) is 1. The first-order chi connectivity index (χ1) is 10.5. The smallest absolute Gasteiger partial charge is 0.306 e. The second-order valence-electron chi connectivity index (χ2n) is 4.77. The van der Waals surface area contributed by atoms with Gasteiger partial charge in [-0.05, 0) is 12.5 Å². The second-order valence-corrected chi connectivity index (χ2v) is 5.60. The predicted octanol–water partition coefficient (Wildman–Crippen LogP) is 1.49. The van der Waals surface area contributed by atoms with Crippen molar-refractivity contribution in [3.63, 3.8) is 0 Å². The summed E-state index contributed by atoms with van der Waals surface area (Å²) in [6.45, 7) is 1.89. The van der Waals surface area contributed by atoms with E-state index in [1.54, 1.807) is 13.0 Å². The highest BCUT2D eigenvalue weighted by atomic mass is 32.2. The highest BCUT2D eigenvalue weighted by Gasteiger charge is 2.36. The van der Waals surface area contributed by atoms with Crippen LogP contribution in [0.25, 0.3) is 0 Å². The monoisotopic (exact) mass is 322 g/mol. The van der Waals surface area contributed by atoms with Gasteiger partial charge in [-0.3, -0.25) is 13.8 Å². The minimum atomic E-state index is -2.70. The van der Waals surface area contributed by atoms with Gasteiger partial charge in [0.05, 0.1) is 30.2 Å². The van der Waals surface area contributed by atoms with Crippen LogP contribution in [0.1, 0.15) is 24.8 Å². The molecule has 1 amide bonds. The lowest BCUT2D eigenvalue weighted by molar-refractivity contribution is -0.147. The van der Waals surface area contributed by atoms with Gasteiger partial charge in [0.25, 0.3) is 0 Å². The van der Waals surface area contributed by atoms with Crippen molar-refractivity contribution in [1.82, 2.24) is 4.31 Å². The minimum absolute atomic E-state index is 0.162. The van der Waals surface area contributed by atoms with Crippen LogP contribution in [0.5, 0.6) is 0 Å². The molecule has 0 aromatic heterocycles. The maximum Gasteiger partial charge on any atom is 0.306 e. The molecule has 0 saturated carbocycles. The molecule has 0 N–H and O–H groups in total. The summed E-state index contributed by atoms with van der Waals surface area (Å²) < 4.78 is 27.7. The van der Waals surface area contributed by atoms with Crippen molar-refractivity contribution < 1.29 is 23.1 Å². The molecule has 1 heterocycles. The average Bonchev–Trinajstić information content (AvgIpc) is 2.50. The molecule has 1 aromatic rings. The van der Waals surface area contributed by atoms with Crippen molar-refractivity contribution in [2.75, 3.05) is 6.61 Å². The molecule has 22 heavy (non-hydrogen) atoms. The summed E-state index contributed by atoms with van der Waals surface area (Å²) in [4.78, 5) is 24.1. The first kappa shape index (κ1) is 16.4. The fourth-order valence-corrected chi connectivity index (χ4v) is 2.90. The number of carbonyl (C=O) groups excluding carboxylic acids is 2. The molecule has 2 rings (SSSR count). The van der Waals surface area contributed by atoms with Crippen LogP contribution in [0.4, 0.5) is 0 Å². The van der Waals surface area contributed by atoms with Gasteiger partial charge in [0.2, 0.25) is 5.91 Å². The number of hydrogen-bond acceptors (Lipinski definition) is 5. The standard InChI is InChI=1S/C15H17NO5S/c1-2-21-14(17)10-13-12(11-6-4-3-5-7-11)8-9-16(15(13)18)22(19)20/h3-9,12-13H,2,10H2,1H3,(H,19,20)/p-1/t12-,13+/m1/s1. The zero-order valence-corrected chi connectivity index (χ0v) is 12.8. The Morgan fingerprint density at radius 1 is 1.36 bits per heavy atom. The Hall–Kier alpha value is -1.99. The fraction of sp³-hybridized carbons (Fsp3) is 0.333. The summed E-state index contributed by atoms with van der Waals surface area (Å²) >= 11 is -2.70. The van der Waals surface area contributed by atoms with Crippen molar-refractivity contribution in [1.29, 1.82) is 0 Å². The van der Waals surface area contributed by atoms with E-state index in [0.717, 1.165) is 5.56 Å².